The number of hydrogen-bond donors (Lipinski definition) is 3. The first-order chi connectivity index (χ1) is 9.91. The number of rotatable bonds is 4. The Labute approximate surface area is 120 Å². The molecule has 0 unspecified atom stereocenters. The fourth-order valence-electron chi connectivity index (χ4n) is 2.46. The van der Waals surface area contributed by atoms with Crippen molar-refractivity contribution in [2.45, 2.75) is 19.3 Å². The van der Waals surface area contributed by atoms with Gasteiger partial charge < -0.3 is 15.7 Å². The molecule has 21 heavy (non-hydrogen) atoms. The quantitative estimate of drug-likeness (QED) is 0.783. The van der Waals surface area contributed by atoms with Crippen molar-refractivity contribution in [3.05, 3.63) is 35.4 Å². The maximum atomic E-state index is 12.8. The van der Waals surface area contributed by atoms with E-state index in [4.69, 9.17) is 5.11 Å². The third-order valence-corrected chi connectivity index (χ3v) is 3.61. The van der Waals surface area contributed by atoms with Crippen LogP contribution in [0, 0.1) is 11.8 Å². The van der Waals surface area contributed by atoms with E-state index in [1.165, 1.54) is 0 Å². The highest BCUT2D eigenvalue weighted by atomic mass is 19.4. The average Bonchev–Trinajstić information content (AvgIpc) is 2.94. The summed E-state index contributed by atoms with van der Waals surface area (Å²) >= 11 is 0. The first kappa shape index (κ1) is 15.8. The van der Waals surface area contributed by atoms with E-state index >= 15 is 0 Å². The van der Waals surface area contributed by atoms with E-state index in [-0.39, 0.29) is 26.2 Å². The molecule has 0 bridgehead atoms. The molecule has 2 atom stereocenters. The van der Waals surface area contributed by atoms with E-state index in [0.717, 1.165) is 5.56 Å². The SMILES string of the molecule is O=C(NCc1cccc(CO)c1)[C@@H]1CNC[C@H]1C(F)(F)F. The van der Waals surface area contributed by atoms with Gasteiger partial charge in [-0.25, -0.2) is 0 Å². The summed E-state index contributed by atoms with van der Waals surface area (Å²) < 4.78 is 38.4. The number of carbonyl (C=O) groups excluding carboxylic acids is 1. The monoisotopic (exact) mass is 302 g/mol. The summed E-state index contributed by atoms with van der Waals surface area (Å²) in [6.07, 6.45) is -4.37. The molecule has 1 aromatic rings. The van der Waals surface area contributed by atoms with Crippen LogP contribution in [0.2, 0.25) is 0 Å². The fraction of sp³-hybridized carbons (Fsp3) is 0.500. The lowest BCUT2D eigenvalue weighted by Crippen LogP contribution is -2.39. The average molecular weight is 302 g/mol. The number of aliphatic hydroxyl groups excluding tert-OH is 1. The summed E-state index contributed by atoms with van der Waals surface area (Å²) in [7, 11) is 0. The van der Waals surface area contributed by atoms with Gasteiger partial charge >= 0.3 is 6.18 Å². The molecule has 2 rings (SSSR count). The molecule has 1 aliphatic rings. The number of aliphatic hydroxyl groups is 1. The Morgan fingerprint density at radius 2 is 2.05 bits per heavy atom. The van der Waals surface area contributed by atoms with Gasteiger partial charge in [0.25, 0.3) is 0 Å². The van der Waals surface area contributed by atoms with Crippen LogP contribution in [0.5, 0.6) is 0 Å². The molecule has 0 spiro atoms. The maximum absolute atomic E-state index is 12.8. The molecule has 0 aromatic heterocycles. The lowest BCUT2D eigenvalue weighted by molar-refractivity contribution is -0.182. The zero-order chi connectivity index (χ0) is 15.5. The Bertz CT molecular complexity index is 505. The summed E-state index contributed by atoms with van der Waals surface area (Å²) in [5, 5.41) is 14.2. The van der Waals surface area contributed by atoms with Crippen LogP contribution in [0.1, 0.15) is 11.1 Å². The zero-order valence-electron chi connectivity index (χ0n) is 11.3. The van der Waals surface area contributed by atoms with Gasteiger partial charge in [-0.3, -0.25) is 4.79 Å². The molecule has 1 aromatic carbocycles. The van der Waals surface area contributed by atoms with Crippen molar-refractivity contribution < 1.29 is 23.1 Å². The zero-order valence-corrected chi connectivity index (χ0v) is 11.3. The van der Waals surface area contributed by atoms with Crippen molar-refractivity contribution in [3.63, 3.8) is 0 Å². The van der Waals surface area contributed by atoms with Crippen molar-refractivity contribution >= 4 is 5.91 Å². The summed E-state index contributed by atoms with van der Waals surface area (Å²) in [5.41, 5.74) is 1.43. The normalized spacial score (nSPS) is 22.3. The number of amides is 1. The molecule has 116 valence electrons. The molecule has 1 aliphatic heterocycles. The smallest absolute Gasteiger partial charge is 0.392 e. The number of alkyl halides is 3. The highest BCUT2D eigenvalue weighted by Gasteiger charge is 2.49. The van der Waals surface area contributed by atoms with Gasteiger partial charge in [-0.1, -0.05) is 24.3 Å². The van der Waals surface area contributed by atoms with Crippen LogP contribution >= 0.6 is 0 Å². The predicted octanol–water partition coefficient (Wildman–Crippen LogP) is 1.19. The van der Waals surface area contributed by atoms with Gasteiger partial charge in [0.05, 0.1) is 18.4 Å². The van der Waals surface area contributed by atoms with Crippen LogP contribution in [-0.2, 0) is 17.9 Å². The van der Waals surface area contributed by atoms with Crippen LogP contribution in [0.3, 0.4) is 0 Å². The van der Waals surface area contributed by atoms with Crippen molar-refractivity contribution in [2.75, 3.05) is 13.1 Å². The highest BCUT2D eigenvalue weighted by Crippen LogP contribution is 2.34. The first-order valence-corrected chi connectivity index (χ1v) is 6.65. The van der Waals surface area contributed by atoms with E-state index in [0.29, 0.717) is 5.56 Å². The van der Waals surface area contributed by atoms with Crippen LogP contribution in [0.4, 0.5) is 13.2 Å². The molecular formula is C14H17F3N2O2. The van der Waals surface area contributed by atoms with Crippen molar-refractivity contribution in [2.24, 2.45) is 11.8 Å². The molecule has 1 amide bonds. The number of halogens is 3. The van der Waals surface area contributed by atoms with Crippen LogP contribution in [0.25, 0.3) is 0 Å². The maximum Gasteiger partial charge on any atom is 0.393 e. The number of nitrogens with one attached hydrogen (secondary N) is 2. The van der Waals surface area contributed by atoms with E-state index in [1.54, 1.807) is 24.3 Å². The molecule has 1 saturated heterocycles. The second-order valence-corrected chi connectivity index (χ2v) is 5.11. The van der Waals surface area contributed by atoms with Crippen molar-refractivity contribution in [1.29, 1.82) is 0 Å². The minimum absolute atomic E-state index is 0.0344. The first-order valence-electron chi connectivity index (χ1n) is 6.65. The van der Waals surface area contributed by atoms with Gasteiger partial charge in [-0.05, 0) is 11.1 Å². The Kier molecular flexibility index (Phi) is 4.84. The van der Waals surface area contributed by atoms with Crippen LogP contribution < -0.4 is 10.6 Å². The largest absolute Gasteiger partial charge is 0.393 e. The summed E-state index contributed by atoms with van der Waals surface area (Å²) in [6.45, 7) is -0.160. The molecular weight excluding hydrogens is 285 g/mol. The van der Waals surface area contributed by atoms with Crippen LogP contribution in [-0.4, -0.2) is 30.3 Å². The van der Waals surface area contributed by atoms with E-state index in [1.807, 2.05) is 0 Å². The molecule has 3 N–H and O–H groups in total. The standard InChI is InChI=1S/C14H17F3N2O2/c15-14(16,17)12-7-18-6-11(12)13(21)19-5-9-2-1-3-10(4-9)8-20/h1-4,11-12,18,20H,5-8H2,(H,19,21)/t11-,12-/m1/s1. The molecule has 0 saturated carbocycles. The van der Waals surface area contributed by atoms with E-state index in [9.17, 15) is 18.0 Å². The summed E-state index contributed by atoms with van der Waals surface area (Å²) in [5.74, 6) is -3.33. The van der Waals surface area contributed by atoms with Gasteiger partial charge in [0.1, 0.15) is 0 Å². The third kappa shape index (κ3) is 3.95. The molecule has 0 aliphatic carbocycles. The Balaban J connectivity index is 1.95. The van der Waals surface area contributed by atoms with Gasteiger partial charge in [-0.2, -0.15) is 13.2 Å². The minimum atomic E-state index is -4.37. The predicted molar refractivity (Wildman–Crippen MR) is 70.1 cm³/mol. The minimum Gasteiger partial charge on any atom is -0.392 e. The van der Waals surface area contributed by atoms with Gasteiger partial charge in [0, 0.05) is 19.6 Å². The Hall–Kier alpha value is -1.60. The van der Waals surface area contributed by atoms with Crippen LogP contribution in [0.15, 0.2) is 24.3 Å². The molecule has 1 fully saturated rings. The van der Waals surface area contributed by atoms with Crippen molar-refractivity contribution in [3.8, 4) is 0 Å². The lowest BCUT2D eigenvalue weighted by Gasteiger charge is -2.20. The molecule has 4 nitrogen and oxygen atoms in total. The molecule has 0 radical (unpaired) electrons. The van der Waals surface area contributed by atoms with Gasteiger partial charge in [0.15, 0.2) is 0 Å². The van der Waals surface area contributed by atoms with E-state index in [2.05, 4.69) is 10.6 Å². The highest BCUT2D eigenvalue weighted by molar-refractivity contribution is 5.79. The Morgan fingerprint density at radius 3 is 2.71 bits per heavy atom. The summed E-state index contributed by atoms with van der Waals surface area (Å²) in [6, 6.07) is 6.90. The number of carbonyl (C=O) groups is 1. The third-order valence-electron chi connectivity index (χ3n) is 3.61. The lowest BCUT2D eigenvalue weighted by atomic mass is 9.94. The second kappa shape index (κ2) is 6.44. The topological polar surface area (TPSA) is 61.4 Å². The molecule has 7 heteroatoms. The Morgan fingerprint density at radius 1 is 1.33 bits per heavy atom. The summed E-state index contributed by atoms with van der Waals surface area (Å²) in [4.78, 5) is 11.9. The number of hydrogen-bond acceptors (Lipinski definition) is 3. The fourth-order valence-corrected chi connectivity index (χ4v) is 2.46. The van der Waals surface area contributed by atoms with Gasteiger partial charge in [-0.15, -0.1) is 0 Å². The molecule has 1 heterocycles. The second-order valence-electron chi connectivity index (χ2n) is 5.11. The van der Waals surface area contributed by atoms with E-state index < -0.39 is 23.9 Å². The van der Waals surface area contributed by atoms with Gasteiger partial charge in [0.2, 0.25) is 5.91 Å². The van der Waals surface area contributed by atoms with Crippen molar-refractivity contribution in [1.82, 2.24) is 10.6 Å². The number of benzene rings is 1.